The van der Waals surface area contributed by atoms with Crippen LogP contribution in [0.1, 0.15) is 40.2 Å². The summed E-state index contributed by atoms with van der Waals surface area (Å²) in [7, 11) is 0. The minimum Gasteiger partial charge on any atom is -0.487 e. The van der Waals surface area contributed by atoms with E-state index in [-0.39, 0.29) is 6.10 Å². The third kappa shape index (κ3) is 10.7. The van der Waals surface area contributed by atoms with Gasteiger partial charge in [-0.25, -0.2) is 0 Å². The number of terminal acetylenes is 1. The molecule has 1 atom stereocenters. The van der Waals surface area contributed by atoms with Gasteiger partial charge in [0, 0.05) is 6.08 Å². The van der Waals surface area contributed by atoms with E-state index in [1.54, 1.807) is 13.0 Å². The molecule has 0 aliphatic rings. The highest BCUT2D eigenvalue weighted by molar-refractivity contribution is 5.86. The Morgan fingerprint density at radius 3 is 2.31 bits per heavy atom. The highest BCUT2D eigenvalue weighted by atomic mass is 16.5. The van der Waals surface area contributed by atoms with Crippen molar-refractivity contribution in [1.82, 2.24) is 0 Å². The molecular formula is C23H29NO2. The summed E-state index contributed by atoms with van der Waals surface area (Å²) < 4.78 is 5.85. The van der Waals surface area contributed by atoms with Crippen LogP contribution in [-0.4, -0.2) is 12.0 Å². The summed E-state index contributed by atoms with van der Waals surface area (Å²) in [5.74, 6) is 2.60. The summed E-state index contributed by atoms with van der Waals surface area (Å²) >= 11 is 0. The molecule has 0 heterocycles. The third-order valence-corrected chi connectivity index (χ3v) is 3.18. The number of hydrogen-bond donors (Lipinski definition) is 1. The lowest BCUT2D eigenvalue weighted by Gasteiger charge is -2.12. The summed E-state index contributed by atoms with van der Waals surface area (Å²) in [6.07, 6.45) is 15.6. The van der Waals surface area contributed by atoms with E-state index < -0.39 is 5.91 Å². The van der Waals surface area contributed by atoms with Gasteiger partial charge in [0.2, 0.25) is 5.91 Å². The zero-order valence-corrected chi connectivity index (χ0v) is 16.3. The Balaban J connectivity index is 0.00000194. The zero-order valence-electron chi connectivity index (χ0n) is 16.3. The van der Waals surface area contributed by atoms with Crippen LogP contribution in [0.3, 0.4) is 0 Å². The van der Waals surface area contributed by atoms with Gasteiger partial charge in [0.25, 0.3) is 0 Å². The van der Waals surface area contributed by atoms with Crippen LogP contribution in [-0.2, 0) is 4.79 Å². The number of carbonyl (C=O) groups is 1. The average molecular weight is 351 g/mol. The number of nitrogens with two attached hydrogens (primary N) is 1. The van der Waals surface area contributed by atoms with Gasteiger partial charge < -0.3 is 10.5 Å². The molecule has 1 aromatic rings. The van der Waals surface area contributed by atoms with Crippen molar-refractivity contribution in [3.63, 3.8) is 0 Å². The van der Waals surface area contributed by atoms with Crippen LogP contribution in [0.5, 0.6) is 5.75 Å². The fourth-order valence-corrected chi connectivity index (χ4v) is 2.02. The topological polar surface area (TPSA) is 52.3 Å². The molecule has 1 unspecified atom stereocenters. The van der Waals surface area contributed by atoms with E-state index in [0.29, 0.717) is 0 Å². The molecule has 0 aromatic heterocycles. The second kappa shape index (κ2) is 13.3. The van der Waals surface area contributed by atoms with Crippen molar-refractivity contribution < 1.29 is 9.53 Å². The molecule has 0 spiro atoms. The van der Waals surface area contributed by atoms with Gasteiger partial charge in [-0.2, -0.15) is 0 Å². The molecule has 26 heavy (non-hydrogen) atoms. The zero-order chi connectivity index (χ0) is 19.9. The van der Waals surface area contributed by atoms with Gasteiger partial charge in [-0.1, -0.05) is 42.0 Å². The van der Waals surface area contributed by atoms with Gasteiger partial charge >= 0.3 is 0 Å². The van der Waals surface area contributed by atoms with Crippen molar-refractivity contribution in [1.29, 1.82) is 0 Å². The largest absolute Gasteiger partial charge is 0.487 e. The SMILES string of the molecule is C#CC.C/C=C\C=C(/C)c1ccc(OC(C)/C=C(C)/C=C/C(N)=O)cc1. The maximum atomic E-state index is 10.7. The molecule has 0 aliphatic heterocycles. The molecule has 1 rings (SSSR count). The Bertz CT molecular complexity index is 714. The van der Waals surface area contributed by atoms with Crippen LogP contribution in [0, 0.1) is 12.3 Å². The maximum Gasteiger partial charge on any atom is 0.241 e. The lowest BCUT2D eigenvalue weighted by atomic mass is 10.1. The monoisotopic (exact) mass is 351 g/mol. The van der Waals surface area contributed by atoms with Crippen LogP contribution >= 0.6 is 0 Å². The number of ether oxygens (including phenoxy) is 1. The Morgan fingerprint density at radius 2 is 1.81 bits per heavy atom. The van der Waals surface area contributed by atoms with Crippen molar-refractivity contribution >= 4 is 11.5 Å². The van der Waals surface area contributed by atoms with E-state index in [2.05, 4.69) is 25.3 Å². The number of primary amides is 1. The molecule has 1 aromatic carbocycles. The highest BCUT2D eigenvalue weighted by Crippen LogP contribution is 2.19. The number of rotatable bonds is 7. The number of allylic oxidation sites excluding steroid dienone is 6. The van der Waals surface area contributed by atoms with Gasteiger partial charge in [0.05, 0.1) is 0 Å². The molecule has 0 saturated heterocycles. The fourth-order valence-electron chi connectivity index (χ4n) is 2.02. The fraction of sp³-hybridized carbons (Fsp3) is 0.261. The number of hydrogen-bond acceptors (Lipinski definition) is 2. The molecule has 0 fully saturated rings. The first kappa shape index (κ1) is 23.0. The minimum absolute atomic E-state index is 0.0990. The first-order valence-corrected chi connectivity index (χ1v) is 8.44. The number of carbonyl (C=O) groups excluding carboxylic acids is 1. The normalized spacial score (nSPS) is 13.1. The Labute approximate surface area is 157 Å². The summed E-state index contributed by atoms with van der Waals surface area (Å²) in [6, 6.07) is 8.00. The van der Waals surface area contributed by atoms with E-state index in [9.17, 15) is 4.79 Å². The lowest BCUT2D eigenvalue weighted by Crippen LogP contribution is -2.09. The van der Waals surface area contributed by atoms with Crippen molar-refractivity contribution in [2.45, 2.75) is 40.7 Å². The van der Waals surface area contributed by atoms with Crippen molar-refractivity contribution in [2.75, 3.05) is 0 Å². The standard InChI is InChI=1S/C20H25NO2.C3H4/c1-5-6-7-16(3)18-9-11-19(12-10-18)23-17(4)14-15(2)8-13-20(21)22;1-3-2/h5-14,17H,1-4H3,(H2,21,22);1H,2H3/b6-5-,13-8+,15-14+,16-7+;. The molecule has 138 valence electrons. The molecule has 2 N–H and O–H groups in total. The van der Waals surface area contributed by atoms with Crippen molar-refractivity contribution in [3.8, 4) is 18.1 Å². The smallest absolute Gasteiger partial charge is 0.241 e. The van der Waals surface area contributed by atoms with Crippen LogP contribution < -0.4 is 10.5 Å². The van der Waals surface area contributed by atoms with E-state index in [0.717, 1.165) is 11.3 Å². The van der Waals surface area contributed by atoms with Gasteiger partial charge in [0.1, 0.15) is 11.9 Å². The Kier molecular flexibility index (Phi) is 11.8. The van der Waals surface area contributed by atoms with E-state index in [1.165, 1.54) is 17.2 Å². The summed E-state index contributed by atoms with van der Waals surface area (Å²) in [4.78, 5) is 10.7. The first-order valence-electron chi connectivity index (χ1n) is 8.44. The molecule has 0 aliphatic carbocycles. The molecule has 3 heteroatoms. The van der Waals surface area contributed by atoms with Crippen LogP contribution in [0.2, 0.25) is 0 Å². The number of benzene rings is 1. The molecule has 0 bridgehead atoms. The molecular weight excluding hydrogens is 322 g/mol. The molecule has 0 radical (unpaired) electrons. The van der Waals surface area contributed by atoms with Crippen molar-refractivity contribution in [3.05, 3.63) is 71.9 Å². The third-order valence-electron chi connectivity index (χ3n) is 3.18. The Morgan fingerprint density at radius 1 is 1.23 bits per heavy atom. The average Bonchev–Trinajstić information content (AvgIpc) is 2.59. The van der Waals surface area contributed by atoms with Gasteiger partial charge in [0.15, 0.2) is 0 Å². The second-order valence-electron chi connectivity index (χ2n) is 5.66. The van der Waals surface area contributed by atoms with Crippen LogP contribution in [0.25, 0.3) is 5.57 Å². The van der Waals surface area contributed by atoms with Crippen LogP contribution in [0.15, 0.2) is 66.3 Å². The van der Waals surface area contributed by atoms with Crippen molar-refractivity contribution in [2.24, 2.45) is 5.73 Å². The molecule has 0 saturated carbocycles. The summed E-state index contributed by atoms with van der Waals surface area (Å²) in [5, 5.41) is 0. The predicted molar refractivity (Wildman–Crippen MR) is 112 cm³/mol. The van der Waals surface area contributed by atoms with E-state index in [4.69, 9.17) is 10.5 Å². The molecule has 1 amide bonds. The van der Waals surface area contributed by atoms with Gasteiger partial charge in [-0.05, 0) is 64.0 Å². The quantitative estimate of drug-likeness (QED) is 0.424. The van der Waals surface area contributed by atoms with Crippen LogP contribution in [0.4, 0.5) is 0 Å². The first-order chi connectivity index (χ1) is 12.3. The van der Waals surface area contributed by atoms with Gasteiger partial charge in [-0.15, -0.1) is 12.3 Å². The lowest BCUT2D eigenvalue weighted by molar-refractivity contribution is -0.113. The highest BCUT2D eigenvalue weighted by Gasteiger charge is 2.02. The van der Waals surface area contributed by atoms with Gasteiger partial charge in [-0.3, -0.25) is 4.79 Å². The Hall–Kier alpha value is -2.99. The van der Waals surface area contributed by atoms with E-state index >= 15 is 0 Å². The number of amides is 1. The summed E-state index contributed by atoms with van der Waals surface area (Å²) in [5.41, 5.74) is 8.37. The molecule has 3 nitrogen and oxygen atoms in total. The summed E-state index contributed by atoms with van der Waals surface area (Å²) in [6.45, 7) is 9.58. The van der Waals surface area contributed by atoms with E-state index in [1.807, 2.05) is 63.3 Å². The minimum atomic E-state index is -0.455. The second-order valence-corrected chi connectivity index (χ2v) is 5.66. The maximum absolute atomic E-state index is 10.7. The predicted octanol–water partition coefficient (Wildman–Crippen LogP) is 5.06.